The lowest BCUT2D eigenvalue weighted by atomic mass is 10.0. The van der Waals surface area contributed by atoms with Gasteiger partial charge < -0.3 is 19.5 Å². The summed E-state index contributed by atoms with van der Waals surface area (Å²) in [4.78, 5) is 9.32. The average molecular weight is 925 g/mol. The molecule has 1 N–H and O–H groups in total. The third-order valence-corrected chi connectivity index (χ3v) is 13.7. The summed E-state index contributed by atoms with van der Waals surface area (Å²) in [5.74, 6) is -1.27. The number of hydrogen-bond acceptors (Lipinski definition) is 9. The number of rotatable bonds is 19. The molecule has 4 rings (SSSR count). The molecular formula is C35H49F4IN6O5SSi2. The number of anilines is 2. The SMILES string of the molecule is CCN(c1ccccc1CNc1nc(-c2cc(F)c(OCOCC[Si](C)(C)C)cc2CC(F)(F)F)nc2c1c(I)nn2COCC[Si](C)(C)C)S(C)(=O)=O. The number of hydrogen-bond donors (Lipinski definition) is 1. The van der Waals surface area contributed by atoms with Gasteiger partial charge in [0.05, 0.1) is 23.8 Å². The maximum atomic E-state index is 15.7. The molecule has 0 amide bonds. The van der Waals surface area contributed by atoms with Crippen molar-refractivity contribution in [2.45, 2.75) is 84.2 Å². The summed E-state index contributed by atoms with van der Waals surface area (Å²) < 4.78 is 103. The number of nitrogens with zero attached hydrogens (tertiary/aromatic N) is 5. The lowest BCUT2D eigenvalue weighted by Crippen LogP contribution is -2.30. The van der Waals surface area contributed by atoms with Crippen LogP contribution < -0.4 is 14.4 Å². The Kier molecular flexibility index (Phi) is 14.6. The smallest absolute Gasteiger partial charge is 0.393 e. The van der Waals surface area contributed by atoms with Crippen LogP contribution in [0.25, 0.3) is 22.4 Å². The Morgan fingerprint density at radius 1 is 0.963 bits per heavy atom. The van der Waals surface area contributed by atoms with E-state index in [2.05, 4.69) is 59.7 Å². The van der Waals surface area contributed by atoms with Gasteiger partial charge in [-0.2, -0.15) is 18.3 Å². The van der Waals surface area contributed by atoms with Gasteiger partial charge >= 0.3 is 6.18 Å². The van der Waals surface area contributed by atoms with E-state index in [1.165, 1.54) is 8.99 Å². The molecule has 2 aromatic carbocycles. The number of fused-ring (bicyclic) bond motifs is 1. The minimum absolute atomic E-state index is 0.0107. The zero-order chi connectivity index (χ0) is 40.1. The van der Waals surface area contributed by atoms with E-state index < -0.39 is 44.6 Å². The summed E-state index contributed by atoms with van der Waals surface area (Å²) in [6.45, 7) is 15.7. The molecule has 54 heavy (non-hydrogen) atoms. The Morgan fingerprint density at radius 2 is 1.61 bits per heavy atom. The van der Waals surface area contributed by atoms with Gasteiger partial charge in [0, 0.05) is 48.0 Å². The Hall–Kier alpha value is -2.86. The molecule has 0 fully saturated rings. The minimum Gasteiger partial charge on any atom is -0.464 e. The molecule has 0 saturated carbocycles. The number of halogens is 5. The largest absolute Gasteiger partial charge is 0.464 e. The number of ether oxygens (including phenoxy) is 3. The molecule has 4 aromatic rings. The molecule has 0 bridgehead atoms. The van der Waals surface area contributed by atoms with Crippen LogP contribution >= 0.6 is 22.6 Å². The lowest BCUT2D eigenvalue weighted by Gasteiger charge is -2.23. The molecule has 0 aliphatic heterocycles. The average Bonchev–Trinajstić information content (AvgIpc) is 3.36. The number of aromatic nitrogens is 4. The first-order chi connectivity index (χ1) is 25.1. The monoisotopic (exact) mass is 924 g/mol. The second-order valence-corrected chi connectivity index (χ2v) is 29.5. The molecule has 2 aromatic heterocycles. The Balaban J connectivity index is 1.81. The highest BCUT2D eigenvalue weighted by Gasteiger charge is 2.31. The summed E-state index contributed by atoms with van der Waals surface area (Å²) in [6.07, 6.45) is -4.93. The molecule has 0 spiro atoms. The summed E-state index contributed by atoms with van der Waals surface area (Å²) in [6, 6.07) is 10.6. The molecule has 0 saturated heterocycles. The van der Waals surface area contributed by atoms with Gasteiger partial charge in [-0.3, -0.25) is 4.31 Å². The van der Waals surface area contributed by atoms with Gasteiger partial charge in [-0.05, 0) is 70.9 Å². The quantitative estimate of drug-likeness (QED) is 0.0324. The van der Waals surface area contributed by atoms with Crippen LogP contribution in [0.15, 0.2) is 36.4 Å². The van der Waals surface area contributed by atoms with E-state index in [1.54, 1.807) is 31.2 Å². The van der Waals surface area contributed by atoms with Crippen molar-refractivity contribution in [1.29, 1.82) is 0 Å². The van der Waals surface area contributed by atoms with Gasteiger partial charge in [0.15, 0.2) is 29.8 Å². The molecule has 0 aliphatic rings. The summed E-state index contributed by atoms with van der Waals surface area (Å²) >= 11 is 2.03. The van der Waals surface area contributed by atoms with Crippen molar-refractivity contribution < 1.29 is 40.2 Å². The van der Waals surface area contributed by atoms with E-state index in [9.17, 15) is 21.6 Å². The fraction of sp³-hybridized carbons (Fsp3) is 0.514. The minimum atomic E-state index is -4.65. The van der Waals surface area contributed by atoms with Crippen molar-refractivity contribution in [2.75, 3.05) is 42.4 Å². The van der Waals surface area contributed by atoms with Gasteiger partial charge in [-0.25, -0.2) is 27.5 Å². The van der Waals surface area contributed by atoms with E-state index in [0.29, 0.717) is 33.6 Å². The second-order valence-electron chi connectivity index (χ2n) is 15.4. The Bertz CT molecular complexity index is 2020. The van der Waals surface area contributed by atoms with Gasteiger partial charge in [0.2, 0.25) is 10.0 Å². The van der Waals surface area contributed by atoms with Crippen LogP contribution in [0.2, 0.25) is 51.4 Å². The van der Waals surface area contributed by atoms with Gasteiger partial charge in [-0.1, -0.05) is 57.5 Å². The topological polar surface area (TPSA) is 121 Å². The Morgan fingerprint density at radius 3 is 2.22 bits per heavy atom. The highest BCUT2D eigenvalue weighted by atomic mass is 127. The zero-order valence-corrected chi connectivity index (χ0v) is 36.9. The number of para-hydroxylation sites is 1. The maximum Gasteiger partial charge on any atom is 0.393 e. The van der Waals surface area contributed by atoms with Crippen molar-refractivity contribution in [3.8, 4) is 17.1 Å². The predicted molar refractivity (Wildman–Crippen MR) is 219 cm³/mol. The van der Waals surface area contributed by atoms with Gasteiger partial charge in [-0.15, -0.1) is 0 Å². The molecular weight excluding hydrogens is 876 g/mol. The highest BCUT2D eigenvalue weighted by molar-refractivity contribution is 14.1. The normalized spacial score (nSPS) is 12.8. The first-order valence-electron chi connectivity index (χ1n) is 17.5. The van der Waals surface area contributed by atoms with Crippen LogP contribution in [-0.4, -0.2) is 83.3 Å². The van der Waals surface area contributed by atoms with Crippen molar-refractivity contribution in [3.63, 3.8) is 0 Å². The van der Waals surface area contributed by atoms with E-state index >= 15 is 4.39 Å². The maximum absolute atomic E-state index is 15.7. The van der Waals surface area contributed by atoms with Crippen LogP contribution in [0.4, 0.5) is 29.1 Å². The number of sulfonamides is 1. The fourth-order valence-electron chi connectivity index (χ4n) is 5.38. The summed E-state index contributed by atoms with van der Waals surface area (Å²) in [5, 5.41) is 8.33. The van der Waals surface area contributed by atoms with Crippen molar-refractivity contribution in [1.82, 2.24) is 19.7 Å². The molecule has 2 heterocycles. The predicted octanol–water partition coefficient (Wildman–Crippen LogP) is 8.74. The van der Waals surface area contributed by atoms with E-state index in [1.807, 2.05) is 22.6 Å². The zero-order valence-electron chi connectivity index (χ0n) is 31.9. The molecule has 0 unspecified atom stereocenters. The van der Waals surface area contributed by atoms with Crippen molar-refractivity contribution in [3.05, 3.63) is 57.0 Å². The van der Waals surface area contributed by atoms with Crippen molar-refractivity contribution >= 4 is 71.3 Å². The number of alkyl halides is 3. The van der Waals surface area contributed by atoms with Crippen LogP contribution in [0.1, 0.15) is 18.1 Å². The van der Waals surface area contributed by atoms with Gasteiger partial charge in [0.1, 0.15) is 16.2 Å². The molecule has 298 valence electrons. The molecule has 11 nitrogen and oxygen atoms in total. The second kappa shape index (κ2) is 17.9. The third-order valence-electron chi connectivity index (χ3n) is 8.24. The molecule has 19 heteroatoms. The van der Waals surface area contributed by atoms with E-state index in [0.717, 1.165) is 30.5 Å². The van der Waals surface area contributed by atoms with Crippen molar-refractivity contribution in [2.24, 2.45) is 0 Å². The first-order valence-corrected chi connectivity index (χ1v) is 27.8. The fourth-order valence-corrected chi connectivity index (χ4v) is 8.66. The van der Waals surface area contributed by atoms with Gasteiger partial charge in [0.25, 0.3) is 0 Å². The van der Waals surface area contributed by atoms with E-state index in [4.69, 9.17) is 14.2 Å². The van der Waals surface area contributed by atoms with Crippen LogP contribution in [0.5, 0.6) is 5.75 Å². The lowest BCUT2D eigenvalue weighted by molar-refractivity contribution is -0.127. The molecule has 0 aliphatic carbocycles. The summed E-state index contributed by atoms with van der Waals surface area (Å²) in [5.41, 5.74) is 0.854. The van der Waals surface area contributed by atoms with Crippen LogP contribution in [0, 0.1) is 9.52 Å². The van der Waals surface area contributed by atoms with Crippen LogP contribution in [0.3, 0.4) is 0 Å². The molecule has 0 atom stereocenters. The third kappa shape index (κ3) is 12.6. The van der Waals surface area contributed by atoms with Crippen LogP contribution in [-0.2, 0) is 39.2 Å². The number of nitrogens with one attached hydrogen (secondary N) is 1. The first kappa shape index (κ1) is 43.9. The summed E-state index contributed by atoms with van der Waals surface area (Å²) in [7, 11) is -6.42. The standard InChI is InChI=1S/C35H49F4IN6O5SSi2/c1-9-46(52(2,47)48)28-13-11-10-12-24(28)21-41-33-30-31(40)44-45(22-49-14-16-53(3,4)5)34(30)43-32(42-33)26-19-27(36)29(18-25(26)20-35(37,38)39)51-23-50-15-17-54(6,7)8/h10-13,18-19H,9,14-17,20-23H2,1-8H3,(H,41,42,43). The molecule has 0 radical (unpaired) electrons. The highest BCUT2D eigenvalue weighted by Crippen LogP contribution is 2.36. The van der Waals surface area contributed by atoms with E-state index in [-0.39, 0.29) is 60.8 Å². The number of benzene rings is 2. The Labute approximate surface area is 330 Å².